The van der Waals surface area contributed by atoms with Crippen LogP contribution in [-0.4, -0.2) is 20.9 Å². The maximum Gasteiger partial charge on any atom is 0.262 e. The molecule has 2 N–H and O–H groups in total. The van der Waals surface area contributed by atoms with Crippen LogP contribution < -0.4 is 14.8 Å². The van der Waals surface area contributed by atoms with E-state index in [4.69, 9.17) is 4.74 Å². The Labute approximate surface area is 177 Å². The zero-order chi connectivity index (χ0) is 21.7. The number of rotatable bonds is 7. The number of nitrogens with one attached hydrogen (secondary N) is 2. The maximum absolute atomic E-state index is 12.5. The first-order valence-corrected chi connectivity index (χ1v) is 10.9. The highest BCUT2D eigenvalue weighted by Crippen LogP contribution is 2.21. The normalized spacial score (nSPS) is 11.0. The number of aryl methyl sites for hydroxylation is 2. The number of carbonyl (C=O) groups excluding carboxylic acids is 1. The third-order valence-corrected chi connectivity index (χ3v) is 6.03. The predicted molar refractivity (Wildman–Crippen MR) is 118 cm³/mol. The second-order valence-electron chi connectivity index (χ2n) is 7.03. The lowest BCUT2D eigenvalue weighted by atomic mass is 10.1. The SMILES string of the molecule is Cc1cccc(NS(=O)(=O)c2ccc(NC(=O)COc3cccc(C)c3C)cc2)c1. The van der Waals surface area contributed by atoms with Gasteiger partial charge in [-0.05, 0) is 79.9 Å². The van der Waals surface area contributed by atoms with Gasteiger partial charge in [-0.3, -0.25) is 9.52 Å². The molecular weight excluding hydrogens is 400 g/mol. The van der Waals surface area contributed by atoms with E-state index >= 15 is 0 Å². The zero-order valence-electron chi connectivity index (χ0n) is 17.1. The van der Waals surface area contributed by atoms with Crippen molar-refractivity contribution in [2.24, 2.45) is 0 Å². The summed E-state index contributed by atoms with van der Waals surface area (Å²) in [4.78, 5) is 12.3. The molecule has 30 heavy (non-hydrogen) atoms. The molecule has 0 aliphatic carbocycles. The Morgan fingerprint density at radius 3 is 2.30 bits per heavy atom. The van der Waals surface area contributed by atoms with Gasteiger partial charge in [-0.2, -0.15) is 0 Å². The first-order valence-electron chi connectivity index (χ1n) is 9.43. The van der Waals surface area contributed by atoms with Crippen LogP contribution in [-0.2, 0) is 14.8 Å². The zero-order valence-corrected chi connectivity index (χ0v) is 17.9. The van der Waals surface area contributed by atoms with Crippen molar-refractivity contribution in [3.8, 4) is 5.75 Å². The van der Waals surface area contributed by atoms with E-state index in [9.17, 15) is 13.2 Å². The summed E-state index contributed by atoms with van der Waals surface area (Å²) in [6.07, 6.45) is 0. The van der Waals surface area contributed by atoms with Crippen LogP contribution in [0.5, 0.6) is 5.75 Å². The van der Waals surface area contributed by atoms with Crippen molar-refractivity contribution in [2.75, 3.05) is 16.6 Å². The number of hydrogen-bond acceptors (Lipinski definition) is 4. The van der Waals surface area contributed by atoms with Crippen LogP contribution in [0.25, 0.3) is 0 Å². The second kappa shape index (κ2) is 9.00. The molecule has 0 heterocycles. The minimum atomic E-state index is -3.72. The maximum atomic E-state index is 12.5. The highest BCUT2D eigenvalue weighted by molar-refractivity contribution is 7.92. The number of benzene rings is 3. The van der Waals surface area contributed by atoms with Crippen molar-refractivity contribution in [3.63, 3.8) is 0 Å². The highest BCUT2D eigenvalue weighted by Gasteiger charge is 2.14. The molecule has 0 aliphatic heterocycles. The topological polar surface area (TPSA) is 84.5 Å². The summed E-state index contributed by atoms with van der Waals surface area (Å²) in [5, 5.41) is 2.70. The van der Waals surface area contributed by atoms with Gasteiger partial charge in [-0.25, -0.2) is 8.42 Å². The molecule has 0 fully saturated rings. The van der Waals surface area contributed by atoms with Crippen molar-refractivity contribution in [3.05, 3.63) is 83.4 Å². The summed E-state index contributed by atoms with van der Waals surface area (Å²) >= 11 is 0. The summed E-state index contributed by atoms with van der Waals surface area (Å²) in [6, 6.07) is 18.8. The number of anilines is 2. The molecule has 3 aromatic rings. The number of amides is 1. The summed E-state index contributed by atoms with van der Waals surface area (Å²) < 4.78 is 33.2. The van der Waals surface area contributed by atoms with Gasteiger partial charge in [-0.15, -0.1) is 0 Å². The molecule has 0 bridgehead atoms. The Bertz CT molecular complexity index is 1160. The Kier molecular flexibility index (Phi) is 6.42. The number of sulfonamides is 1. The van der Waals surface area contributed by atoms with E-state index in [1.165, 1.54) is 12.1 Å². The molecule has 156 valence electrons. The Balaban J connectivity index is 1.61. The van der Waals surface area contributed by atoms with Crippen molar-refractivity contribution >= 4 is 27.3 Å². The highest BCUT2D eigenvalue weighted by atomic mass is 32.2. The quantitative estimate of drug-likeness (QED) is 0.588. The van der Waals surface area contributed by atoms with Crippen LogP contribution in [0.2, 0.25) is 0 Å². The van der Waals surface area contributed by atoms with Gasteiger partial charge in [0.2, 0.25) is 0 Å². The summed E-state index contributed by atoms with van der Waals surface area (Å²) in [5.74, 6) is 0.332. The Morgan fingerprint density at radius 2 is 1.60 bits per heavy atom. The van der Waals surface area contributed by atoms with Gasteiger partial charge in [0, 0.05) is 11.4 Å². The number of ether oxygens (including phenoxy) is 1. The third-order valence-electron chi connectivity index (χ3n) is 4.63. The van der Waals surface area contributed by atoms with E-state index in [1.807, 2.05) is 45.0 Å². The van der Waals surface area contributed by atoms with Gasteiger partial charge >= 0.3 is 0 Å². The molecule has 0 unspecified atom stereocenters. The van der Waals surface area contributed by atoms with Crippen LogP contribution in [0.3, 0.4) is 0 Å². The van der Waals surface area contributed by atoms with E-state index in [2.05, 4.69) is 10.0 Å². The molecule has 6 nitrogen and oxygen atoms in total. The van der Waals surface area contributed by atoms with Crippen LogP contribution in [0, 0.1) is 20.8 Å². The fourth-order valence-corrected chi connectivity index (χ4v) is 3.91. The molecule has 3 aromatic carbocycles. The lowest BCUT2D eigenvalue weighted by Crippen LogP contribution is -2.20. The molecule has 3 rings (SSSR count). The molecule has 0 aliphatic rings. The molecule has 0 spiro atoms. The van der Waals surface area contributed by atoms with Crippen LogP contribution in [0.4, 0.5) is 11.4 Å². The largest absolute Gasteiger partial charge is 0.483 e. The van der Waals surface area contributed by atoms with Gasteiger partial charge in [0.1, 0.15) is 5.75 Å². The molecule has 0 radical (unpaired) electrons. The van der Waals surface area contributed by atoms with Gasteiger partial charge < -0.3 is 10.1 Å². The van der Waals surface area contributed by atoms with E-state index in [0.29, 0.717) is 17.1 Å². The number of hydrogen-bond donors (Lipinski definition) is 2. The molecule has 0 aromatic heterocycles. The van der Waals surface area contributed by atoms with Gasteiger partial charge in [0.15, 0.2) is 6.61 Å². The molecule has 0 atom stereocenters. The van der Waals surface area contributed by atoms with Gasteiger partial charge in [0.25, 0.3) is 15.9 Å². The summed E-state index contributed by atoms with van der Waals surface area (Å²) in [7, 11) is -3.72. The van der Waals surface area contributed by atoms with Crippen LogP contribution >= 0.6 is 0 Å². The third kappa shape index (κ3) is 5.39. The van der Waals surface area contributed by atoms with Crippen LogP contribution in [0.15, 0.2) is 71.6 Å². The monoisotopic (exact) mass is 424 g/mol. The molecular formula is C23H24N2O4S. The average molecular weight is 425 g/mol. The number of carbonyl (C=O) groups is 1. The average Bonchev–Trinajstić information content (AvgIpc) is 2.69. The minimum absolute atomic E-state index is 0.105. The first-order chi connectivity index (χ1) is 14.2. The van der Waals surface area contributed by atoms with Crippen molar-refractivity contribution in [1.29, 1.82) is 0 Å². The lowest BCUT2D eigenvalue weighted by Gasteiger charge is -2.12. The fourth-order valence-electron chi connectivity index (χ4n) is 2.86. The fraction of sp³-hybridized carbons (Fsp3) is 0.174. The van der Waals surface area contributed by atoms with E-state index in [0.717, 1.165) is 16.7 Å². The standard InChI is InChI=1S/C23H24N2O4S/c1-16-6-4-8-20(14-16)25-30(27,28)21-12-10-19(11-13-21)24-23(26)15-29-22-9-5-7-17(2)18(22)3/h4-14,25H,15H2,1-3H3,(H,24,26). The van der Waals surface area contributed by atoms with Gasteiger partial charge in [-0.1, -0.05) is 24.3 Å². The summed E-state index contributed by atoms with van der Waals surface area (Å²) in [5.41, 5.74) is 4.01. The van der Waals surface area contributed by atoms with Crippen molar-refractivity contribution < 1.29 is 17.9 Å². The predicted octanol–water partition coefficient (Wildman–Crippen LogP) is 4.43. The second-order valence-corrected chi connectivity index (χ2v) is 8.72. The van der Waals surface area contributed by atoms with Crippen LogP contribution in [0.1, 0.15) is 16.7 Å². The smallest absolute Gasteiger partial charge is 0.262 e. The molecule has 1 amide bonds. The van der Waals surface area contributed by atoms with E-state index in [1.54, 1.807) is 30.3 Å². The molecule has 0 saturated heterocycles. The van der Waals surface area contributed by atoms with E-state index < -0.39 is 10.0 Å². The van der Waals surface area contributed by atoms with E-state index in [-0.39, 0.29) is 17.4 Å². The molecule has 7 heteroatoms. The van der Waals surface area contributed by atoms with Crippen molar-refractivity contribution in [1.82, 2.24) is 0 Å². The Hall–Kier alpha value is -3.32. The Morgan fingerprint density at radius 1 is 0.900 bits per heavy atom. The van der Waals surface area contributed by atoms with Gasteiger partial charge in [0.05, 0.1) is 4.90 Å². The minimum Gasteiger partial charge on any atom is -0.483 e. The lowest BCUT2D eigenvalue weighted by molar-refractivity contribution is -0.118. The summed E-state index contributed by atoms with van der Waals surface area (Å²) in [6.45, 7) is 5.66. The van der Waals surface area contributed by atoms with Crippen molar-refractivity contribution in [2.45, 2.75) is 25.7 Å². The molecule has 0 saturated carbocycles. The first kappa shape index (κ1) is 21.4.